The molecule has 162 valence electrons. The predicted molar refractivity (Wildman–Crippen MR) is 119 cm³/mol. The van der Waals surface area contributed by atoms with Gasteiger partial charge in [-0.05, 0) is 43.5 Å². The van der Waals surface area contributed by atoms with E-state index in [1.54, 1.807) is 20.1 Å². The first-order chi connectivity index (χ1) is 15.0. The topological polar surface area (TPSA) is 73.6 Å². The van der Waals surface area contributed by atoms with Gasteiger partial charge < -0.3 is 19.3 Å². The van der Waals surface area contributed by atoms with Crippen LogP contribution in [0.3, 0.4) is 0 Å². The van der Waals surface area contributed by atoms with Gasteiger partial charge in [-0.2, -0.15) is 0 Å². The fraction of sp³-hybridized carbons (Fsp3) is 0.333. The predicted octanol–water partition coefficient (Wildman–Crippen LogP) is 4.79. The lowest BCUT2D eigenvalue weighted by Gasteiger charge is -2.38. The Morgan fingerprint density at radius 2 is 1.87 bits per heavy atom. The molecule has 1 saturated heterocycles. The van der Waals surface area contributed by atoms with E-state index in [9.17, 15) is 4.79 Å². The van der Waals surface area contributed by atoms with Crippen molar-refractivity contribution in [3.05, 3.63) is 70.4 Å². The summed E-state index contributed by atoms with van der Waals surface area (Å²) in [5, 5.41) is 7.74. The van der Waals surface area contributed by atoms with Crippen LogP contribution in [0.15, 0.2) is 53.1 Å². The third kappa shape index (κ3) is 4.31. The number of nitrogens with zero attached hydrogens (tertiary/aromatic N) is 1. The maximum Gasteiger partial charge on any atom is 0.257 e. The van der Waals surface area contributed by atoms with E-state index >= 15 is 0 Å². The van der Waals surface area contributed by atoms with Gasteiger partial charge in [0.1, 0.15) is 22.8 Å². The Morgan fingerprint density at radius 3 is 2.55 bits per heavy atom. The van der Waals surface area contributed by atoms with Gasteiger partial charge in [0.2, 0.25) is 0 Å². The minimum atomic E-state index is -0.229. The molecular weight excluding hydrogens is 416 g/mol. The summed E-state index contributed by atoms with van der Waals surface area (Å²) in [6.45, 7) is 3.52. The number of hydrogen-bond acceptors (Lipinski definition) is 5. The van der Waals surface area contributed by atoms with Crippen LogP contribution in [0.25, 0.3) is 11.3 Å². The first-order valence-electron chi connectivity index (χ1n) is 10.3. The number of amides is 1. The maximum atomic E-state index is 13.2. The summed E-state index contributed by atoms with van der Waals surface area (Å²) in [6.07, 6.45) is 1.64. The summed E-state index contributed by atoms with van der Waals surface area (Å²) in [4.78, 5) is 13.2. The van der Waals surface area contributed by atoms with Crippen LogP contribution in [0.5, 0.6) is 5.75 Å². The fourth-order valence-corrected chi connectivity index (χ4v) is 4.31. The second kappa shape index (κ2) is 9.12. The van der Waals surface area contributed by atoms with Crippen molar-refractivity contribution in [2.45, 2.75) is 25.2 Å². The number of aromatic nitrogens is 1. The highest BCUT2D eigenvalue weighted by atomic mass is 35.5. The second-order valence-electron chi connectivity index (χ2n) is 7.75. The molecule has 2 aromatic carbocycles. The van der Waals surface area contributed by atoms with Gasteiger partial charge in [0.15, 0.2) is 0 Å². The van der Waals surface area contributed by atoms with Crippen molar-refractivity contribution in [3.8, 4) is 17.0 Å². The SMILES string of the molecule is COc1ccc(C2(CNC(=O)c3c(-c4ccccc4Cl)noc3C)CCOCC2)cc1. The average molecular weight is 441 g/mol. The van der Waals surface area contributed by atoms with Gasteiger partial charge in [0.05, 0.1) is 12.1 Å². The molecule has 0 saturated carbocycles. The van der Waals surface area contributed by atoms with Crippen molar-refractivity contribution < 1.29 is 18.8 Å². The van der Waals surface area contributed by atoms with E-state index in [2.05, 4.69) is 22.6 Å². The minimum Gasteiger partial charge on any atom is -0.497 e. The molecule has 0 atom stereocenters. The van der Waals surface area contributed by atoms with Crippen LogP contribution in [0.1, 0.15) is 34.5 Å². The monoisotopic (exact) mass is 440 g/mol. The lowest BCUT2D eigenvalue weighted by atomic mass is 9.74. The standard InChI is InChI=1S/C24H25ClN2O4/c1-16-21(22(27-31-16)19-5-3-4-6-20(19)25)23(28)26-15-24(11-13-30-14-12-24)17-7-9-18(29-2)10-8-17/h3-10H,11-15H2,1-2H3,(H,26,28). The van der Waals surface area contributed by atoms with Crippen LogP contribution in [-0.4, -0.2) is 37.9 Å². The third-order valence-electron chi connectivity index (χ3n) is 5.96. The summed E-state index contributed by atoms with van der Waals surface area (Å²) < 4.78 is 16.2. The van der Waals surface area contributed by atoms with Crippen molar-refractivity contribution in [1.82, 2.24) is 10.5 Å². The Bertz CT molecular complexity index is 1060. The molecule has 0 radical (unpaired) electrons. The molecule has 0 aliphatic carbocycles. The van der Waals surface area contributed by atoms with Gasteiger partial charge in [-0.1, -0.05) is 47.1 Å². The highest BCUT2D eigenvalue weighted by molar-refractivity contribution is 6.33. The Hall–Kier alpha value is -2.83. The van der Waals surface area contributed by atoms with Gasteiger partial charge in [-0.3, -0.25) is 4.79 Å². The van der Waals surface area contributed by atoms with Crippen molar-refractivity contribution in [1.29, 1.82) is 0 Å². The smallest absolute Gasteiger partial charge is 0.257 e. The number of methoxy groups -OCH3 is 1. The van der Waals surface area contributed by atoms with E-state index in [-0.39, 0.29) is 11.3 Å². The molecule has 3 aromatic rings. The van der Waals surface area contributed by atoms with Gasteiger partial charge in [-0.15, -0.1) is 0 Å². The summed E-state index contributed by atoms with van der Waals surface area (Å²) >= 11 is 6.33. The molecule has 1 N–H and O–H groups in total. The molecule has 6 nitrogen and oxygen atoms in total. The minimum absolute atomic E-state index is 0.212. The largest absolute Gasteiger partial charge is 0.497 e. The zero-order chi connectivity index (χ0) is 21.8. The molecule has 1 amide bonds. The van der Waals surface area contributed by atoms with Crippen LogP contribution < -0.4 is 10.1 Å². The van der Waals surface area contributed by atoms with Gasteiger partial charge >= 0.3 is 0 Å². The molecule has 1 aliphatic heterocycles. The molecule has 0 bridgehead atoms. The van der Waals surface area contributed by atoms with Crippen molar-refractivity contribution in [3.63, 3.8) is 0 Å². The number of hydrogen-bond donors (Lipinski definition) is 1. The first kappa shape index (κ1) is 21.4. The average Bonchev–Trinajstić information content (AvgIpc) is 3.19. The molecular formula is C24H25ClN2O4. The first-order valence-corrected chi connectivity index (χ1v) is 10.6. The van der Waals surface area contributed by atoms with Gasteiger partial charge in [0.25, 0.3) is 5.91 Å². The Labute approximate surface area is 186 Å². The fourth-order valence-electron chi connectivity index (χ4n) is 4.09. The Balaban J connectivity index is 1.59. The number of aryl methyl sites for hydroxylation is 1. The highest BCUT2D eigenvalue weighted by Crippen LogP contribution is 2.36. The van der Waals surface area contributed by atoms with Gasteiger partial charge in [0, 0.05) is 30.7 Å². The molecule has 0 spiro atoms. The highest BCUT2D eigenvalue weighted by Gasteiger charge is 2.35. The Morgan fingerprint density at radius 1 is 1.16 bits per heavy atom. The van der Waals surface area contributed by atoms with E-state index in [4.69, 9.17) is 25.6 Å². The summed E-state index contributed by atoms with van der Waals surface area (Å²) in [6, 6.07) is 15.3. The van der Waals surface area contributed by atoms with E-state index in [1.807, 2.05) is 30.3 Å². The number of carbonyl (C=O) groups excluding carboxylic acids is 1. The van der Waals surface area contributed by atoms with Crippen LogP contribution in [0, 0.1) is 6.92 Å². The van der Waals surface area contributed by atoms with Crippen LogP contribution in [0.2, 0.25) is 5.02 Å². The number of halogens is 1. The van der Waals surface area contributed by atoms with E-state index < -0.39 is 0 Å². The van der Waals surface area contributed by atoms with E-state index in [0.717, 1.165) is 24.2 Å². The van der Waals surface area contributed by atoms with E-state index in [0.29, 0.717) is 47.4 Å². The van der Waals surface area contributed by atoms with Crippen LogP contribution >= 0.6 is 11.6 Å². The molecule has 31 heavy (non-hydrogen) atoms. The van der Waals surface area contributed by atoms with Gasteiger partial charge in [-0.25, -0.2) is 0 Å². The van der Waals surface area contributed by atoms with Crippen molar-refractivity contribution in [2.75, 3.05) is 26.9 Å². The number of carbonyl (C=O) groups is 1. The normalized spacial score (nSPS) is 15.5. The number of nitrogens with one attached hydrogen (secondary N) is 1. The lowest BCUT2D eigenvalue weighted by Crippen LogP contribution is -2.44. The molecule has 1 fully saturated rings. The summed E-state index contributed by atoms with van der Waals surface area (Å²) in [7, 11) is 1.65. The zero-order valence-corrected chi connectivity index (χ0v) is 18.4. The quantitative estimate of drug-likeness (QED) is 0.596. The number of ether oxygens (including phenoxy) is 2. The Kier molecular flexibility index (Phi) is 6.30. The molecule has 7 heteroatoms. The summed E-state index contributed by atoms with van der Waals surface area (Å²) in [5.74, 6) is 1.03. The maximum absolute atomic E-state index is 13.2. The molecule has 0 unspecified atom stereocenters. The van der Waals surface area contributed by atoms with Crippen molar-refractivity contribution in [2.24, 2.45) is 0 Å². The van der Waals surface area contributed by atoms with Crippen LogP contribution in [-0.2, 0) is 10.2 Å². The lowest BCUT2D eigenvalue weighted by molar-refractivity contribution is 0.0487. The van der Waals surface area contributed by atoms with Crippen LogP contribution in [0.4, 0.5) is 0 Å². The number of benzene rings is 2. The number of rotatable bonds is 6. The third-order valence-corrected chi connectivity index (χ3v) is 6.29. The molecule has 2 heterocycles. The molecule has 1 aliphatic rings. The zero-order valence-electron chi connectivity index (χ0n) is 17.6. The summed E-state index contributed by atoms with van der Waals surface area (Å²) in [5.41, 5.74) is 2.47. The molecule has 4 rings (SSSR count). The van der Waals surface area contributed by atoms with Crippen molar-refractivity contribution >= 4 is 17.5 Å². The molecule has 1 aromatic heterocycles. The van der Waals surface area contributed by atoms with E-state index in [1.165, 1.54) is 0 Å². The second-order valence-corrected chi connectivity index (χ2v) is 8.15.